The lowest BCUT2D eigenvalue weighted by molar-refractivity contribution is 0.0938. The molecule has 1 N–H and O–H groups in total. The van der Waals surface area contributed by atoms with Crippen LogP contribution in [0.3, 0.4) is 0 Å². The smallest absolute Gasteiger partial charge is 0.253 e. The summed E-state index contributed by atoms with van der Waals surface area (Å²) in [4.78, 5) is 19.9. The van der Waals surface area contributed by atoms with Gasteiger partial charge in [0.25, 0.3) is 5.91 Å². The quantitative estimate of drug-likeness (QED) is 0.708. The number of carbonyl (C=O) groups is 1. The summed E-state index contributed by atoms with van der Waals surface area (Å²) in [5.41, 5.74) is 3.67. The Labute approximate surface area is 169 Å². The second-order valence-corrected chi connectivity index (χ2v) is 7.64. The number of rotatable bonds is 5. The minimum absolute atomic E-state index is 0.0777. The molecule has 0 saturated carbocycles. The third kappa shape index (κ3) is 4.08. The van der Waals surface area contributed by atoms with Crippen molar-refractivity contribution in [3.8, 4) is 11.3 Å². The summed E-state index contributed by atoms with van der Waals surface area (Å²) in [6, 6.07) is 17.7. The zero-order valence-corrected chi connectivity index (χ0v) is 16.6. The van der Waals surface area contributed by atoms with Crippen LogP contribution in [0, 0.1) is 0 Å². The van der Waals surface area contributed by atoms with Gasteiger partial charge in [-0.2, -0.15) is 0 Å². The molecule has 1 amide bonds. The molecule has 1 aliphatic heterocycles. The van der Waals surface area contributed by atoms with Crippen LogP contribution in [0.1, 0.15) is 28.3 Å². The maximum atomic E-state index is 13.0. The second kappa shape index (κ2) is 8.54. The van der Waals surface area contributed by atoms with Crippen molar-refractivity contribution < 1.29 is 9.53 Å². The first-order valence-corrected chi connectivity index (χ1v) is 10.3. The van der Waals surface area contributed by atoms with E-state index >= 15 is 0 Å². The summed E-state index contributed by atoms with van der Waals surface area (Å²) < 4.78 is 5.43. The van der Waals surface area contributed by atoms with Crippen LogP contribution < -0.4 is 10.2 Å². The zero-order chi connectivity index (χ0) is 19.3. The predicted octanol–water partition coefficient (Wildman–Crippen LogP) is 4.14. The lowest BCUT2D eigenvalue weighted by Gasteiger charge is -2.30. The number of aromatic nitrogens is 1. The van der Waals surface area contributed by atoms with Gasteiger partial charge in [0.1, 0.15) is 5.01 Å². The number of ether oxygens (including phenoxy) is 1. The van der Waals surface area contributed by atoms with Gasteiger partial charge in [0.05, 0.1) is 30.5 Å². The Morgan fingerprint density at radius 1 is 1.11 bits per heavy atom. The number of hydrogen-bond acceptors (Lipinski definition) is 5. The maximum absolute atomic E-state index is 13.0. The monoisotopic (exact) mass is 393 g/mol. The predicted molar refractivity (Wildman–Crippen MR) is 113 cm³/mol. The van der Waals surface area contributed by atoms with E-state index in [1.807, 2.05) is 66.9 Å². The molecule has 1 aromatic heterocycles. The molecular formula is C22H23N3O2S. The summed E-state index contributed by atoms with van der Waals surface area (Å²) in [7, 11) is 0. The van der Waals surface area contributed by atoms with Gasteiger partial charge < -0.3 is 15.0 Å². The summed E-state index contributed by atoms with van der Waals surface area (Å²) in [5, 5.41) is 6.04. The molecule has 3 aromatic rings. The molecule has 2 heterocycles. The number of amides is 1. The number of nitrogens with zero attached hydrogens (tertiary/aromatic N) is 2. The van der Waals surface area contributed by atoms with Gasteiger partial charge in [0.2, 0.25) is 0 Å². The van der Waals surface area contributed by atoms with Gasteiger partial charge in [-0.1, -0.05) is 42.5 Å². The molecule has 0 spiro atoms. The first-order chi connectivity index (χ1) is 13.7. The number of benzene rings is 2. The van der Waals surface area contributed by atoms with Crippen LogP contribution >= 0.6 is 11.3 Å². The number of carbonyl (C=O) groups excluding carboxylic acids is 1. The number of anilines is 1. The first kappa shape index (κ1) is 18.7. The minimum atomic E-state index is -0.160. The average Bonchev–Trinajstić information content (AvgIpc) is 3.25. The Balaban J connectivity index is 1.49. The van der Waals surface area contributed by atoms with Crippen molar-refractivity contribution in [3.05, 3.63) is 70.5 Å². The van der Waals surface area contributed by atoms with Crippen molar-refractivity contribution in [2.45, 2.75) is 13.0 Å². The van der Waals surface area contributed by atoms with Crippen molar-refractivity contribution in [3.63, 3.8) is 0 Å². The molecule has 144 valence electrons. The molecule has 0 radical (unpaired) electrons. The Bertz CT molecular complexity index is 936. The van der Waals surface area contributed by atoms with Crippen LogP contribution in [0.15, 0.2) is 60.0 Å². The average molecular weight is 394 g/mol. The molecule has 0 bridgehead atoms. The number of para-hydroxylation sites is 1. The highest BCUT2D eigenvalue weighted by atomic mass is 32.1. The molecule has 1 atom stereocenters. The number of morpholine rings is 1. The summed E-state index contributed by atoms with van der Waals surface area (Å²) in [5.74, 6) is -0.0777. The Morgan fingerprint density at radius 3 is 2.61 bits per heavy atom. The van der Waals surface area contributed by atoms with Gasteiger partial charge in [-0.05, 0) is 19.1 Å². The third-order valence-corrected chi connectivity index (χ3v) is 5.84. The van der Waals surface area contributed by atoms with Crippen LogP contribution in [0.5, 0.6) is 0 Å². The van der Waals surface area contributed by atoms with E-state index < -0.39 is 0 Å². The number of hydrogen-bond donors (Lipinski definition) is 1. The number of thiazole rings is 1. The molecule has 1 unspecified atom stereocenters. The van der Waals surface area contributed by atoms with E-state index in [0.29, 0.717) is 18.8 Å². The SMILES string of the molecule is CC(NC(=O)c1ccccc1N1CCOCC1)c1nc(-c2ccccc2)cs1. The second-order valence-electron chi connectivity index (χ2n) is 6.75. The van der Waals surface area contributed by atoms with Crippen LogP contribution in [0.25, 0.3) is 11.3 Å². The van der Waals surface area contributed by atoms with E-state index in [-0.39, 0.29) is 11.9 Å². The highest BCUT2D eigenvalue weighted by molar-refractivity contribution is 7.10. The summed E-state index contributed by atoms with van der Waals surface area (Å²) >= 11 is 1.57. The third-order valence-electron chi connectivity index (χ3n) is 4.81. The Hall–Kier alpha value is -2.70. The number of nitrogens with one attached hydrogen (secondary N) is 1. The van der Waals surface area contributed by atoms with Gasteiger partial charge in [-0.3, -0.25) is 4.79 Å². The fourth-order valence-electron chi connectivity index (χ4n) is 3.31. The van der Waals surface area contributed by atoms with E-state index in [0.717, 1.165) is 35.0 Å². The van der Waals surface area contributed by atoms with E-state index in [1.165, 1.54) is 0 Å². The van der Waals surface area contributed by atoms with Crippen molar-refractivity contribution >= 4 is 22.9 Å². The topological polar surface area (TPSA) is 54.5 Å². The van der Waals surface area contributed by atoms with E-state index in [9.17, 15) is 4.79 Å². The molecule has 0 aliphatic carbocycles. The first-order valence-electron chi connectivity index (χ1n) is 9.46. The van der Waals surface area contributed by atoms with Crippen LogP contribution in [0.4, 0.5) is 5.69 Å². The molecule has 1 aliphatic rings. The minimum Gasteiger partial charge on any atom is -0.378 e. The molecule has 6 heteroatoms. The van der Waals surface area contributed by atoms with Crippen molar-refractivity contribution in [1.29, 1.82) is 0 Å². The molecule has 28 heavy (non-hydrogen) atoms. The fourth-order valence-corrected chi connectivity index (χ4v) is 4.15. The molecule has 2 aromatic carbocycles. The largest absolute Gasteiger partial charge is 0.378 e. The van der Waals surface area contributed by atoms with Crippen molar-refractivity contribution in [2.75, 3.05) is 31.2 Å². The van der Waals surface area contributed by atoms with Crippen LogP contribution in [0.2, 0.25) is 0 Å². The van der Waals surface area contributed by atoms with E-state index in [2.05, 4.69) is 10.2 Å². The molecule has 4 rings (SSSR count). The molecule has 1 fully saturated rings. The van der Waals surface area contributed by atoms with Gasteiger partial charge in [0.15, 0.2) is 0 Å². The van der Waals surface area contributed by atoms with Crippen molar-refractivity contribution in [2.24, 2.45) is 0 Å². The standard InChI is InChI=1S/C22H23N3O2S/c1-16(22-24-19(15-28-22)17-7-3-2-4-8-17)23-21(26)18-9-5-6-10-20(18)25-11-13-27-14-12-25/h2-10,15-16H,11-14H2,1H3,(H,23,26). The van der Waals surface area contributed by atoms with E-state index in [1.54, 1.807) is 11.3 Å². The van der Waals surface area contributed by atoms with Gasteiger partial charge >= 0.3 is 0 Å². The molecule has 1 saturated heterocycles. The zero-order valence-electron chi connectivity index (χ0n) is 15.8. The summed E-state index contributed by atoms with van der Waals surface area (Å²) in [6.07, 6.45) is 0. The Morgan fingerprint density at radius 2 is 1.82 bits per heavy atom. The molecule has 5 nitrogen and oxygen atoms in total. The normalized spacial score (nSPS) is 15.2. The van der Waals surface area contributed by atoms with Crippen LogP contribution in [-0.2, 0) is 4.74 Å². The van der Waals surface area contributed by atoms with Crippen molar-refractivity contribution in [1.82, 2.24) is 10.3 Å². The lowest BCUT2D eigenvalue weighted by atomic mass is 10.1. The summed E-state index contributed by atoms with van der Waals surface area (Å²) in [6.45, 7) is 4.95. The lowest BCUT2D eigenvalue weighted by Crippen LogP contribution is -2.38. The Kier molecular flexibility index (Phi) is 5.69. The fraction of sp³-hybridized carbons (Fsp3) is 0.273. The highest BCUT2D eigenvalue weighted by Gasteiger charge is 2.21. The van der Waals surface area contributed by atoms with Gasteiger partial charge in [-0.15, -0.1) is 11.3 Å². The molecular weight excluding hydrogens is 370 g/mol. The maximum Gasteiger partial charge on any atom is 0.253 e. The van der Waals surface area contributed by atoms with Gasteiger partial charge in [-0.25, -0.2) is 4.98 Å². The van der Waals surface area contributed by atoms with Crippen LogP contribution in [-0.4, -0.2) is 37.2 Å². The highest BCUT2D eigenvalue weighted by Crippen LogP contribution is 2.26. The van der Waals surface area contributed by atoms with E-state index in [4.69, 9.17) is 9.72 Å². The van der Waals surface area contributed by atoms with Gasteiger partial charge in [0, 0.05) is 29.7 Å².